The van der Waals surface area contributed by atoms with Crippen LogP contribution in [0.15, 0.2) is 29.6 Å². The third-order valence-corrected chi connectivity index (χ3v) is 2.40. The summed E-state index contributed by atoms with van der Waals surface area (Å²) in [6, 6.07) is 1.75. The largest absolute Gasteiger partial charge is 1.00 e. The number of allylic oxidation sites excluding steroid dienone is 5. The minimum atomic E-state index is -4.60. The van der Waals surface area contributed by atoms with E-state index in [0.29, 0.717) is 12.4 Å². The predicted molar refractivity (Wildman–Crippen MR) is 78.9 cm³/mol. The topological polar surface area (TPSA) is 95.9 Å². The Bertz CT molecular complexity index is 703. The summed E-state index contributed by atoms with van der Waals surface area (Å²) >= 11 is 0. The second-order valence-electron chi connectivity index (χ2n) is 3.89. The third-order valence-electron chi connectivity index (χ3n) is 2.40. The third kappa shape index (κ3) is 5.92. The van der Waals surface area contributed by atoms with Crippen LogP contribution in [0, 0.1) is 24.0 Å². The Labute approximate surface area is 148 Å². The second kappa shape index (κ2) is 9.56. The first-order chi connectivity index (χ1) is 10.8. The first-order valence-electron chi connectivity index (χ1n) is 6.00. The Morgan fingerprint density at radius 3 is 2.62 bits per heavy atom. The predicted octanol–water partition coefficient (Wildman–Crippen LogP) is -0.281. The zero-order valence-corrected chi connectivity index (χ0v) is 12.8. The van der Waals surface area contributed by atoms with E-state index in [-0.39, 0.29) is 36.1 Å². The Morgan fingerprint density at radius 1 is 1.50 bits per heavy atom. The van der Waals surface area contributed by atoms with Crippen molar-refractivity contribution < 1.29 is 32.0 Å². The van der Waals surface area contributed by atoms with Crippen molar-refractivity contribution in [1.82, 2.24) is 9.97 Å². The maximum absolute atomic E-state index is 12.7. The van der Waals surface area contributed by atoms with E-state index in [0.717, 1.165) is 12.2 Å². The molecule has 0 fully saturated rings. The van der Waals surface area contributed by atoms with Gasteiger partial charge in [0, 0.05) is 19.3 Å². The van der Waals surface area contributed by atoms with Crippen molar-refractivity contribution in [3.05, 3.63) is 53.2 Å². The molecule has 1 heterocycles. The first-order valence-corrected chi connectivity index (χ1v) is 6.00. The fourth-order valence-corrected chi connectivity index (χ4v) is 1.34. The fraction of sp³-hybridized carbons (Fsp3) is 0.143. The normalized spacial score (nSPS) is 11.8. The number of nitrogens with zero attached hydrogens (tertiary/aromatic N) is 4. The molecule has 120 valence electrons. The molecule has 24 heavy (non-hydrogen) atoms. The van der Waals surface area contributed by atoms with Crippen LogP contribution in [0.2, 0.25) is 0 Å². The molecule has 0 radical (unpaired) electrons. The van der Waals surface area contributed by atoms with E-state index in [9.17, 15) is 13.2 Å². The van der Waals surface area contributed by atoms with Gasteiger partial charge in [0.2, 0.25) is 5.95 Å². The van der Waals surface area contributed by atoms with E-state index in [1.54, 1.807) is 6.07 Å². The standard InChI is InChI=1S/C14H10F3N6.Li/c1-3-9(6-18)4-5-10(7-19)22-13-21-8-11(14(15,16)17)12(20-2)23-13;/h1,3-4,7-8H,2H3,(H2,20,21,22,23);/q-3;+1/b9-4+;. The molecule has 0 spiro atoms. The molecule has 1 aromatic heterocycles. The first kappa shape index (κ1) is 21.4. The number of hydrogen-bond acceptors (Lipinski definition) is 5. The summed E-state index contributed by atoms with van der Waals surface area (Å²) in [4.78, 5) is 7.17. The molecule has 1 rings (SSSR count). The van der Waals surface area contributed by atoms with Crippen LogP contribution in [0.3, 0.4) is 0 Å². The molecule has 0 aliphatic rings. The summed E-state index contributed by atoms with van der Waals surface area (Å²) in [5, 5.41) is 22.5. The van der Waals surface area contributed by atoms with Crippen LogP contribution in [0.25, 0.3) is 5.41 Å². The monoisotopic (exact) mass is 326 g/mol. The molecule has 0 aliphatic carbocycles. The van der Waals surface area contributed by atoms with Gasteiger partial charge in [-0.05, 0) is 0 Å². The molecule has 2 N–H and O–H groups in total. The van der Waals surface area contributed by atoms with Crippen LogP contribution in [-0.4, -0.2) is 23.2 Å². The van der Waals surface area contributed by atoms with Gasteiger partial charge in [-0.3, -0.25) is 12.8 Å². The van der Waals surface area contributed by atoms with Gasteiger partial charge in [0.1, 0.15) is 11.4 Å². The van der Waals surface area contributed by atoms with E-state index in [4.69, 9.17) is 17.3 Å². The van der Waals surface area contributed by atoms with Crippen molar-refractivity contribution in [2.24, 2.45) is 0 Å². The zero-order chi connectivity index (χ0) is 17.5. The quantitative estimate of drug-likeness (QED) is 0.246. The minimum absolute atomic E-state index is 0. The van der Waals surface area contributed by atoms with Gasteiger partial charge in [0.15, 0.2) is 0 Å². The molecule has 0 aromatic carbocycles. The van der Waals surface area contributed by atoms with Gasteiger partial charge in [0.25, 0.3) is 0 Å². The smallest absolute Gasteiger partial charge is 0.877 e. The van der Waals surface area contributed by atoms with Crippen molar-refractivity contribution in [3.63, 3.8) is 0 Å². The van der Waals surface area contributed by atoms with Gasteiger partial charge >= 0.3 is 25.0 Å². The summed E-state index contributed by atoms with van der Waals surface area (Å²) < 4.78 is 38.2. The summed E-state index contributed by atoms with van der Waals surface area (Å²) in [5.41, 5.74) is -1.05. The van der Waals surface area contributed by atoms with Crippen LogP contribution in [0.1, 0.15) is 5.56 Å². The maximum Gasteiger partial charge on any atom is 1.00 e. The minimum Gasteiger partial charge on any atom is -0.877 e. The average molecular weight is 326 g/mol. The molecule has 10 heteroatoms. The van der Waals surface area contributed by atoms with E-state index in [1.807, 2.05) is 0 Å². The Balaban J connectivity index is 0.00000529. The summed E-state index contributed by atoms with van der Waals surface area (Å²) in [7, 11) is 1.28. The molecule has 0 bridgehead atoms. The molecule has 6 nitrogen and oxygen atoms in total. The van der Waals surface area contributed by atoms with Crippen LogP contribution in [0.5, 0.6) is 0 Å². The van der Waals surface area contributed by atoms with E-state index >= 15 is 0 Å². The molecule has 0 amide bonds. The summed E-state index contributed by atoms with van der Waals surface area (Å²) in [6.07, 6.45) is 1.25. The number of nitrogens with one attached hydrogen (secondary N) is 2. The molecule has 0 aliphatic heterocycles. The van der Waals surface area contributed by atoms with Crippen LogP contribution in [-0.2, 0) is 6.18 Å². The average Bonchev–Trinajstić information content (AvgIpc) is 2.53. The van der Waals surface area contributed by atoms with Gasteiger partial charge in [-0.1, -0.05) is 11.3 Å². The van der Waals surface area contributed by atoms with Gasteiger partial charge in [0.05, 0.1) is 0 Å². The molecular formula is C14H10F3LiN6-2. The number of nitriles is 1. The number of rotatable bonds is 6. The summed E-state index contributed by atoms with van der Waals surface area (Å²) in [5.74, 6) is -0.644. The summed E-state index contributed by atoms with van der Waals surface area (Å²) in [6.45, 7) is 5.16. The van der Waals surface area contributed by atoms with Gasteiger partial charge < -0.3 is 16.0 Å². The number of anilines is 2. The fourth-order valence-electron chi connectivity index (χ4n) is 1.34. The van der Waals surface area contributed by atoms with Crippen LogP contribution in [0.4, 0.5) is 24.9 Å². The van der Waals surface area contributed by atoms with Gasteiger partial charge in [-0.15, -0.1) is 0 Å². The number of aromatic nitrogens is 2. The van der Waals surface area contributed by atoms with Gasteiger partial charge in [-0.2, -0.15) is 36.4 Å². The van der Waals surface area contributed by atoms with Gasteiger partial charge in [-0.25, -0.2) is 10.2 Å². The van der Waals surface area contributed by atoms with Crippen LogP contribution < -0.4 is 29.5 Å². The Morgan fingerprint density at radius 2 is 2.17 bits per heavy atom. The SMILES string of the molecule is [CH-]=C/C(C#N)=C\[C-]=C(C=[N-])Nc1ncc(C(F)(F)F)c(NC)n1.[Li+]. The maximum atomic E-state index is 12.7. The second-order valence-corrected chi connectivity index (χ2v) is 3.89. The van der Waals surface area contributed by atoms with Crippen molar-refractivity contribution in [2.75, 3.05) is 17.7 Å². The van der Waals surface area contributed by atoms with Crippen molar-refractivity contribution in [1.29, 1.82) is 5.26 Å². The molecule has 0 saturated heterocycles. The molecule has 0 unspecified atom stereocenters. The Kier molecular flexibility index (Phi) is 8.54. The van der Waals surface area contributed by atoms with E-state index in [2.05, 4.69) is 26.7 Å². The molecule has 0 saturated carbocycles. The van der Waals surface area contributed by atoms with Crippen LogP contribution >= 0.6 is 0 Å². The number of halogens is 3. The number of hydrogen-bond donors (Lipinski definition) is 2. The van der Waals surface area contributed by atoms with Crippen molar-refractivity contribution in [2.45, 2.75) is 6.18 Å². The number of alkyl halides is 3. The molecule has 0 atom stereocenters. The Hall–Kier alpha value is -2.55. The zero-order valence-electron chi connectivity index (χ0n) is 12.8. The van der Waals surface area contributed by atoms with E-state index in [1.165, 1.54) is 7.05 Å². The van der Waals surface area contributed by atoms with Crippen molar-refractivity contribution in [3.8, 4) is 6.07 Å². The molecular weight excluding hydrogens is 316 g/mol. The van der Waals surface area contributed by atoms with E-state index < -0.39 is 17.6 Å². The molecule has 1 aromatic rings. The van der Waals surface area contributed by atoms with Crippen molar-refractivity contribution >= 4 is 18.0 Å².